The number of nitrogens with zero attached hydrogens (tertiary/aromatic N) is 8. The average molecular weight is 587 g/mol. The van der Waals surface area contributed by atoms with Crippen LogP contribution in [0.5, 0.6) is 0 Å². The maximum atomic E-state index is 12.9. The zero-order valence-corrected chi connectivity index (χ0v) is 25.9. The van der Waals surface area contributed by atoms with E-state index in [4.69, 9.17) is 10.7 Å². The molecule has 1 amide bonds. The van der Waals surface area contributed by atoms with Crippen molar-refractivity contribution in [3.8, 4) is 0 Å². The lowest BCUT2D eigenvalue weighted by atomic mass is 9.84. The van der Waals surface area contributed by atoms with E-state index in [2.05, 4.69) is 47.0 Å². The standard InChI is InChI=1S/C31H42N10O2/c1-19-7-8-20(29(43)37-26(32)16-25(42)31(2,3)4)13-23(19)36-28-27-24(34-18-35-28)17-33-30(38-27)40(6)21-14-22(15-21)41-11-9-39(5)10-12-41/h7-8,13,16-18,21-22,42H,9-12,14-15H2,1-6H3,(H2,32,37,43)(H,34,35,36)/b25-16-. The van der Waals surface area contributed by atoms with E-state index < -0.39 is 11.3 Å². The van der Waals surface area contributed by atoms with Gasteiger partial charge >= 0.3 is 0 Å². The first-order chi connectivity index (χ1) is 20.4. The van der Waals surface area contributed by atoms with Crippen LogP contribution in [0.15, 0.2) is 47.6 Å². The van der Waals surface area contributed by atoms with Crippen LogP contribution >= 0.6 is 0 Å². The van der Waals surface area contributed by atoms with E-state index in [0.717, 1.165) is 44.6 Å². The van der Waals surface area contributed by atoms with Crippen molar-refractivity contribution < 1.29 is 9.90 Å². The second-order valence-electron chi connectivity index (χ2n) is 12.6. The number of carbonyl (C=O) groups is 1. The smallest absolute Gasteiger partial charge is 0.279 e. The number of anilines is 3. The summed E-state index contributed by atoms with van der Waals surface area (Å²) < 4.78 is 0. The third-order valence-electron chi connectivity index (χ3n) is 8.39. The molecular weight excluding hydrogens is 544 g/mol. The zero-order chi connectivity index (χ0) is 30.9. The number of aliphatic hydroxyl groups is 1. The van der Waals surface area contributed by atoms with Gasteiger partial charge in [-0.15, -0.1) is 0 Å². The Morgan fingerprint density at radius 1 is 1.16 bits per heavy atom. The molecule has 0 radical (unpaired) electrons. The molecule has 0 bridgehead atoms. The molecule has 0 unspecified atom stereocenters. The highest BCUT2D eigenvalue weighted by atomic mass is 16.3. The van der Waals surface area contributed by atoms with E-state index in [1.165, 1.54) is 12.4 Å². The lowest BCUT2D eigenvalue weighted by Crippen LogP contribution is -2.57. The van der Waals surface area contributed by atoms with Crippen molar-refractivity contribution in [3.63, 3.8) is 0 Å². The van der Waals surface area contributed by atoms with Gasteiger partial charge in [-0.3, -0.25) is 9.69 Å². The molecule has 12 heteroatoms. The van der Waals surface area contributed by atoms with Crippen LogP contribution in [0.4, 0.5) is 17.5 Å². The molecule has 3 heterocycles. The molecule has 1 aromatic carbocycles. The van der Waals surface area contributed by atoms with Gasteiger partial charge in [-0.2, -0.15) is 4.99 Å². The molecule has 2 aliphatic rings. The van der Waals surface area contributed by atoms with Gasteiger partial charge in [0.1, 0.15) is 29.0 Å². The number of amides is 1. The fraction of sp³-hybridized carbons (Fsp3) is 0.484. The molecule has 4 N–H and O–H groups in total. The van der Waals surface area contributed by atoms with E-state index in [0.29, 0.717) is 46.1 Å². The fourth-order valence-electron chi connectivity index (χ4n) is 5.22. The number of likely N-dealkylation sites (N-methyl/N-ethyl adjacent to an activating group) is 1. The molecule has 0 atom stereocenters. The van der Waals surface area contributed by atoms with Crippen LogP contribution in [0.2, 0.25) is 0 Å². The number of carbonyl (C=O) groups excluding carboxylic acids is 1. The van der Waals surface area contributed by atoms with Crippen molar-refractivity contribution in [1.29, 1.82) is 0 Å². The Balaban J connectivity index is 1.32. The third kappa shape index (κ3) is 6.91. The Bertz CT molecular complexity index is 1550. The van der Waals surface area contributed by atoms with Crippen LogP contribution in [-0.2, 0) is 0 Å². The quantitative estimate of drug-likeness (QED) is 0.211. The minimum absolute atomic E-state index is 0.0441. The SMILES string of the molecule is Cc1ccc(C(=O)N=C(N)/C=C(\O)C(C)(C)C)cc1Nc1ncnc2cnc(N(C)C3CC(N4CCN(C)CC4)C3)nc12. The summed E-state index contributed by atoms with van der Waals surface area (Å²) in [6.07, 6.45) is 6.69. The number of rotatable bonds is 7. The highest BCUT2D eigenvalue weighted by Gasteiger charge is 2.37. The summed E-state index contributed by atoms with van der Waals surface area (Å²) in [5, 5.41) is 13.5. The Labute approximate surface area is 252 Å². The van der Waals surface area contributed by atoms with Crippen LogP contribution in [0.3, 0.4) is 0 Å². The number of piperazine rings is 1. The molecule has 1 saturated carbocycles. The Morgan fingerprint density at radius 3 is 2.58 bits per heavy atom. The number of benzene rings is 1. The van der Waals surface area contributed by atoms with E-state index >= 15 is 0 Å². The second kappa shape index (κ2) is 12.2. The number of amidine groups is 1. The van der Waals surface area contributed by atoms with Gasteiger partial charge in [-0.25, -0.2) is 19.9 Å². The van der Waals surface area contributed by atoms with E-state index in [9.17, 15) is 9.90 Å². The summed E-state index contributed by atoms with van der Waals surface area (Å²) in [6, 6.07) is 6.21. The second-order valence-corrected chi connectivity index (χ2v) is 12.6. The normalized spacial score (nSPS) is 20.6. The van der Waals surface area contributed by atoms with Gasteiger partial charge in [0.2, 0.25) is 5.95 Å². The minimum Gasteiger partial charge on any atom is -0.512 e. The zero-order valence-electron chi connectivity index (χ0n) is 25.9. The first kappa shape index (κ1) is 30.3. The number of hydrogen-bond donors (Lipinski definition) is 3. The number of fused-ring (bicyclic) bond motifs is 1. The van der Waals surface area contributed by atoms with Gasteiger partial charge in [-0.1, -0.05) is 26.8 Å². The van der Waals surface area contributed by atoms with E-state index in [1.807, 2.05) is 40.8 Å². The summed E-state index contributed by atoms with van der Waals surface area (Å²) in [5.41, 5.74) is 8.55. The van der Waals surface area contributed by atoms with Crippen LogP contribution in [0, 0.1) is 12.3 Å². The lowest BCUT2D eigenvalue weighted by Gasteiger charge is -2.48. The van der Waals surface area contributed by atoms with Gasteiger partial charge in [0, 0.05) is 68.1 Å². The molecule has 2 fully saturated rings. The maximum Gasteiger partial charge on any atom is 0.279 e. The molecule has 2 aromatic heterocycles. The van der Waals surface area contributed by atoms with Gasteiger partial charge in [0.05, 0.1) is 6.20 Å². The van der Waals surface area contributed by atoms with Crippen LogP contribution in [0.1, 0.15) is 49.5 Å². The number of aliphatic imine (C=N–C) groups is 1. The van der Waals surface area contributed by atoms with Crippen molar-refractivity contribution >= 4 is 40.2 Å². The molecule has 5 rings (SSSR count). The fourth-order valence-corrected chi connectivity index (χ4v) is 5.22. The predicted octanol–water partition coefficient (Wildman–Crippen LogP) is 3.67. The molecule has 43 heavy (non-hydrogen) atoms. The third-order valence-corrected chi connectivity index (χ3v) is 8.39. The molecular formula is C31H42N10O2. The molecule has 1 aliphatic carbocycles. The highest BCUT2D eigenvalue weighted by Crippen LogP contribution is 2.33. The van der Waals surface area contributed by atoms with E-state index in [1.54, 1.807) is 18.3 Å². The molecule has 0 spiro atoms. The number of aromatic nitrogens is 4. The number of hydrogen-bond acceptors (Lipinski definition) is 10. The summed E-state index contributed by atoms with van der Waals surface area (Å²) in [5.74, 6) is 0.600. The van der Waals surface area contributed by atoms with Crippen LogP contribution < -0.4 is 16.0 Å². The van der Waals surface area contributed by atoms with Gasteiger partial charge in [-0.05, 0) is 44.5 Å². The largest absolute Gasteiger partial charge is 0.512 e. The highest BCUT2D eigenvalue weighted by molar-refractivity contribution is 6.07. The van der Waals surface area contributed by atoms with Crippen molar-refractivity contribution in [2.24, 2.45) is 16.1 Å². The first-order valence-electron chi connectivity index (χ1n) is 14.7. The average Bonchev–Trinajstić information content (AvgIpc) is 2.93. The van der Waals surface area contributed by atoms with Crippen molar-refractivity contribution in [2.75, 3.05) is 50.5 Å². The summed E-state index contributed by atoms with van der Waals surface area (Å²) in [6.45, 7) is 11.9. The van der Waals surface area contributed by atoms with Gasteiger partial charge in [0.15, 0.2) is 5.82 Å². The van der Waals surface area contributed by atoms with Crippen molar-refractivity contribution in [1.82, 2.24) is 29.7 Å². The minimum atomic E-state index is -0.521. The summed E-state index contributed by atoms with van der Waals surface area (Å²) in [7, 11) is 4.23. The molecule has 3 aromatic rings. The Morgan fingerprint density at radius 2 is 1.88 bits per heavy atom. The summed E-state index contributed by atoms with van der Waals surface area (Å²) in [4.78, 5) is 42.3. The van der Waals surface area contributed by atoms with E-state index in [-0.39, 0.29) is 11.6 Å². The summed E-state index contributed by atoms with van der Waals surface area (Å²) >= 11 is 0. The number of aryl methyl sites for hydroxylation is 1. The molecule has 1 aliphatic heterocycles. The maximum absolute atomic E-state index is 12.9. The molecule has 12 nitrogen and oxygen atoms in total. The Hall–Kier alpha value is -4.16. The number of aliphatic hydroxyl groups excluding tert-OH is 1. The van der Waals surface area contributed by atoms with Crippen molar-refractivity contribution in [3.05, 3.63) is 53.7 Å². The van der Waals surface area contributed by atoms with Crippen molar-refractivity contribution in [2.45, 2.75) is 52.6 Å². The number of nitrogens with one attached hydrogen (secondary N) is 1. The molecule has 228 valence electrons. The Kier molecular flexibility index (Phi) is 8.61. The number of nitrogens with two attached hydrogens (primary N) is 1. The van der Waals surface area contributed by atoms with Crippen LogP contribution in [0.25, 0.3) is 11.0 Å². The van der Waals surface area contributed by atoms with Gasteiger partial charge in [0.25, 0.3) is 5.91 Å². The first-order valence-corrected chi connectivity index (χ1v) is 14.7. The molecule has 1 saturated heterocycles. The topological polar surface area (TPSA) is 149 Å². The number of allylic oxidation sites excluding steroid dienone is 1. The van der Waals surface area contributed by atoms with Crippen LogP contribution in [-0.4, -0.2) is 98.9 Å². The lowest BCUT2D eigenvalue weighted by molar-refractivity contribution is 0.0605. The van der Waals surface area contributed by atoms with Gasteiger partial charge < -0.3 is 26.0 Å². The predicted molar refractivity (Wildman–Crippen MR) is 170 cm³/mol. The monoisotopic (exact) mass is 586 g/mol.